The maximum Gasteiger partial charge on any atom is 0.115 e. The second-order valence-electron chi connectivity index (χ2n) is 6.16. The van der Waals surface area contributed by atoms with Gasteiger partial charge in [-0.15, -0.1) is 5.10 Å². The number of aromatic nitrogens is 3. The van der Waals surface area contributed by atoms with Gasteiger partial charge >= 0.3 is 0 Å². The number of nitrogens with zero attached hydrogens (tertiary/aromatic N) is 3. The highest BCUT2D eigenvalue weighted by atomic mass is 16.3. The molecule has 0 spiro atoms. The lowest BCUT2D eigenvalue weighted by atomic mass is 9.84. The van der Waals surface area contributed by atoms with Gasteiger partial charge in [-0.25, -0.2) is 4.68 Å². The first kappa shape index (κ1) is 15.2. The molecule has 0 radical (unpaired) electrons. The van der Waals surface area contributed by atoms with E-state index >= 15 is 0 Å². The minimum atomic E-state index is -0.655. The van der Waals surface area contributed by atoms with E-state index in [4.69, 9.17) is 0 Å². The molecule has 0 aliphatic heterocycles. The average molecular weight is 331 g/mol. The van der Waals surface area contributed by atoms with Crippen LogP contribution in [0.25, 0.3) is 11.0 Å². The highest BCUT2D eigenvalue weighted by Crippen LogP contribution is 2.36. The van der Waals surface area contributed by atoms with Gasteiger partial charge in [0.15, 0.2) is 0 Å². The molecular formula is C20H17N3O2. The largest absolute Gasteiger partial charge is 0.508 e. The van der Waals surface area contributed by atoms with Gasteiger partial charge in [-0.2, -0.15) is 0 Å². The van der Waals surface area contributed by atoms with Crippen molar-refractivity contribution in [1.29, 1.82) is 0 Å². The van der Waals surface area contributed by atoms with Gasteiger partial charge in [0.25, 0.3) is 0 Å². The second-order valence-corrected chi connectivity index (χ2v) is 6.16. The lowest BCUT2D eigenvalue weighted by molar-refractivity contribution is 0.423. The fourth-order valence-electron chi connectivity index (χ4n) is 3.18. The molecule has 0 saturated heterocycles. The van der Waals surface area contributed by atoms with Crippen molar-refractivity contribution >= 4 is 11.0 Å². The number of rotatable bonds is 3. The fraction of sp³-hybridized carbons (Fsp3) is 0.100. The summed E-state index contributed by atoms with van der Waals surface area (Å²) in [5.41, 5.74) is 2.97. The van der Waals surface area contributed by atoms with Gasteiger partial charge in [0.2, 0.25) is 0 Å². The Balaban J connectivity index is 2.01. The Kier molecular flexibility index (Phi) is 3.42. The molecular weight excluding hydrogens is 314 g/mol. The zero-order valence-corrected chi connectivity index (χ0v) is 13.7. The van der Waals surface area contributed by atoms with Crippen molar-refractivity contribution in [2.45, 2.75) is 12.5 Å². The molecule has 4 aromatic rings. The van der Waals surface area contributed by atoms with Crippen LogP contribution in [-0.2, 0) is 5.54 Å². The average Bonchev–Trinajstić information content (AvgIpc) is 3.07. The molecule has 0 aliphatic rings. The van der Waals surface area contributed by atoms with Crippen LogP contribution in [0.2, 0.25) is 0 Å². The Morgan fingerprint density at radius 1 is 0.760 bits per heavy atom. The molecule has 1 heterocycles. The maximum absolute atomic E-state index is 9.66. The summed E-state index contributed by atoms with van der Waals surface area (Å²) >= 11 is 0. The number of aromatic hydroxyl groups is 2. The van der Waals surface area contributed by atoms with Crippen LogP contribution in [0.15, 0.2) is 72.8 Å². The normalized spacial score (nSPS) is 11.7. The zero-order chi connectivity index (χ0) is 17.4. The minimum Gasteiger partial charge on any atom is -0.508 e. The van der Waals surface area contributed by atoms with Gasteiger partial charge in [-0.3, -0.25) is 0 Å². The predicted molar refractivity (Wildman–Crippen MR) is 95.6 cm³/mol. The molecule has 5 heteroatoms. The highest BCUT2D eigenvalue weighted by Gasteiger charge is 2.33. The molecule has 5 nitrogen and oxygen atoms in total. The molecule has 124 valence electrons. The zero-order valence-electron chi connectivity index (χ0n) is 13.7. The molecule has 0 fully saturated rings. The van der Waals surface area contributed by atoms with E-state index in [-0.39, 0.29) is 11.5 Å². The molecule has 3 aromatic carbocycles. The number of phenols is 2. The number of para-hydroxylation sites is 1. The summed E-state index contributed by atoms with van der Waals surface area (Å²) in [4.78, 5) is 0. The van der Waals surface area contributed by atoms with Crippen molar-refractivity contribution in [1.82, 2.24) is 15.0 Å². The number of hydrogen-bond acceptors (Lipinski definition) is 4. The van der Waals surface area contributed by atoms with Crippen LogP contribution in [0.4, 0.5) is 0 Å². The van der Waals surface area contributed by atoms with E-state index < -0.39 is 5.54 Å². The van der Waals surface area contributed by atoms with Crippen LogP contribution in [0, 0.1) is 0 Å². The molecule has 0 saturated carbocycles. The molecule has 0 unspecified atom stereocenters. The van der Waals surface area contributed by atoms with Gasteiger partial charge in [-0.05, 0) is 54.4 Å². The molecule has 1 aromatic heterocycles. The summed E-state index contributed by atoms with van der Waals surface area (Å²) in [6.45, 7) is 2.05. The monoisotopic (exact) mass is 331 g/mol. The van der Waals surface area contributed by atoms with E-state index in [9.17, 15) is 10.2 Å². The summed E-state index contributed by atoms with van der Waals surface area (Å²) < 4.78 is 1.88. The highest BCUT2D eigenvalue weighted by molar-refractivity contribution is 5.75. The van der Waals surface area contributed by atoms with Crippen molar-refractivity contribution in [3.8, 4) is 11.5 Å². The van der Waals surface area contributed by atoms with Gasteiger partial charge in [0, 0.05) is 0 Å². The molecule has 2 N–H and O–H groups in total. The standard InChI is InChI=1S/C20H17N3O2/c1-20(14-6-10-16(24)11-7-14,15-8-12-17(25)13-9-15)23-19-5-3-2-4-18(19)21-22-23/h2-13,24-25H,1H3. The van der Waals surface area contributed by atoms with Crippen molar-refractivity contribution in [3.63, 3.8) is 0 Å². The Morgan fingerprint density at radius 3 is 1.84 bits per heavy atom. The van der Waals surface area contributed by atoms with Crippen LogP contribution in [-0.4, -0.2) is 25.2 Å². The number of benzene rings is 3. The molecule has 0 amide bonds. The van der Waals surface area contributed by atoms with E-state index in [2.05, 4.69) is 10.3 Å². The number of fused-ring (bicyclic) bond motifs is 1. The van der Waals surface area contributed by atoms with Crippen LogP contribution in [0.1, 0.15) is 18.1 Å². The second kappa shape index (κ2) is 5.63. The van der Waals surface area contributed by atoms with Crippen molar-refractivity contribution in [2.24, 2.45) is 0 Å². The lowest BCUT2D eigenvalue weighted by Gasteiger charge is -2.31. The summed E-state index contributed by atoms with van der Waals surface area (Å²) in [6, 6.07) is 21.9. The maximum atomic E-state index is 9.66. The van der Waals surface area contributed by atoms with E-state index in [0.29, 0.717) is 0 Å². The van der Waals surface area contributed by atoms with E-state index in [1.165, 1.54) is 0 Å². The van der Waals surface area contributed by atoms with Gasteiger partial charge < -0.3 is 10.2 Å². The lowest BCUT2D eigenvalue weighted by Crippen LogP contribution is -2.34. The fourth-order valence-corrected chi connectivity index (χ4v) is 3.18. The van der Waals surface area contributed by atoms with Gasteiger partial charge in [0.1, 0.15) is 22.6 Å². The summed E-state index contributed by atoms with van der Waals surface area (Å²) in [7, 11) is 0. The van der Waals surface area contributed by atoms with Crippen LogP contribution < -0.4 is 0 Å². The minimum absolute atomic E-state index is 0.209. The topological polar surface area (TPSA) is 71.2 Å². The van der Waals surface area contributed by atoms with Crippen molar-refractivity contribution in [2.75, 3.05) is 0 Å². The summed E-state index contributed by atoms with van der Waals surface area (Å²) in [6.07, 6.45) is 0. The van der Waals surface area contributed by atoms with Crippen LogP contribution >= 0.6 is 0 Å². The first-order valence-electron chi connectivity index (χ1n) is 7.99. The molecule has 0 atom stereocenters. The van der Waals surface area contributed by atoms with Crippen molar-refractivity contribution < 1.29 is 10.2 Å². The Morgan fingerprint density at radius 2 is 1.28 bits per heavy atom. The van der Waals surface area contributed by atoms with Crippen molar-refractivity contribution in [3.05, 3.63) is 83.9 Å². The summed E-state index contributed by atoms with van der Waals surface area (Å²) in [5.74, 6) is 0.417. The van der Waals surface area contributed by atoms with E-state index in [1.54, 1.807) is 24.3 Å². The molecule has 4 rings (SSSR count). The number of phenolic OH excluding ortho intramolecular Hbond substituents is 2. The third-order valence-electron chi connectivity index (χ3n) is 4.63. The van der Waals surface area contributed by atoms with Gasteiger partial charge in [0.05, 0.1) is 5.52 Å². The third kappa shape index (κ3) is 2.41. The Labute approximate surface area is 144 Å². The quantitative estimate of drug-likeness (QED) is 0.601. The first-order chi connectivity index (χ1) is 12.1. The summed E-state index contributed by atoms with van der Waals surface area (Å²) in [5, 5.41) is 28.0. The molecule has 25 heavy (non-hydrogen) atoms. The molecule has 0 bridgehead atoms. The predicted octanol–water partition coefficient (Wildman–Crippen LogP) is 3.65. The van der Waals surface area contributed by atoms with E-state index in [1.807, 2.05) is 60.1 Å². The molecule has 0 aliphatic carbocycles. The van der Waals surface area contributed by atoms with Crippen LogP contribution in [0.3, 0.4) is 0 Å². The van der Waals surface area contributed by atoms with Gasteiger partial charge in [-0.1, -0.05) is 41.6 Å². The van der Waals surface area contributed by atoms with E-state index in [0.717, 1.165) is 22.2 Å². The SMILES string of the molecule is CC(c1ccc(O)cc1)(c1ccc(O)cc1)n1nnc2ccccc21. The third-order valence-corrected chi connectivity index (χ3v) is 4.63. The number of hydrogen-bond donors (Lipinski definition) is 2. The Bertz CT molecular complexity index is 975. The van der Waals surface area contributed by atoms with Crippen LogP contribution in [0.5, 0.6) is 11.5 Å². The smallest absolute Gasteiger partial charge is 0.115 e. The Hall–Kier alpha value is -3.34. The first-order valence-corrected chi connectivity index (χ1v) is 7.99.